The number of hydrogen-bond donors (Lipinski definition) is 2. The van der Waals surface area contributed by atoms with Gasteiger partial charge in [-0.1, -0.05) is 50.3 Å². The molecule has 98 valence electrons. The molecule has 16 heavy (non-hydrogen) atoms. The molecule has 0 aliphatic heterocycles. The van der Waals surface area contributed by atoms with Crippen molar-refractivity contribution in [2.24, 2.45) is 17.6 Å². The molecule has 0 saturated carbocycles. The third-order valence-corrected chi connectivity index (χ3v) is 3.82. The number of nitrogens with one attached hydrogen (secondary N) is 1. The number of likely N-dealkylation sites (N-methyl/N-ethyl adjacent to an activating group) is 1. The normalized spacial score (nSPS) is 19.5. The first kappa shape index (κ1) is 16.6. The number of hydrogen-bond acceptors (Lipinski definition) is 2. The minimum atomic E-state index is 0.280. The van der Waals surface area contributed by atoms with Gasteiger partial charge in [0.05, 0.1) is 0 Å². The Morgan fingerprint density at radius 2 is 1.69 bits per heavy atom. The molecule has 0 heterocycles. The second-order valence-corrected chi connectivity index (χ2v) is 7.39. The lowest BCUT2D eigenvalue weighted by Gasteiger charge is -2.28. The molecule has 0 aromatic rings. The lowest BCUT2D eigenvalue weighted by atomic mass is 9.84. The molecule has 0 rings (SSSR count). The van der Waals surface area contributed by atoms with Gasteiger partial charge in [0.25, 0.3) is 0 Å². The van der Waals surface area contributed by atoms with Crippen LogP contribution in [0.5, 0.6) is 0 Å². The van der Waals surface area contributed by atoms with Crippen molar-refractivity contribution in [2.75, 3.05) is 6.54 Å². The van der Waals surface area contributed by atoms with Gasteiger partial charge in [-0.3, -0.25) is 0 Å². The summed E-state index contributed by atoms with van der Waals surface area (Å²) in [5.41, 5.74) is 6.25. The van der Waals surface area contributed by atoms with Gasteiger partial charge in [0.2, 0.25) is 0 Å². The number of halogens is 1. The van der Waals surface area contributed by atoms with Crippen LogP contribution in [0.25, 0.3) is 0 Å². The second-order valence-electron chi connectivity index (χ2n) is 5.27. The Morgan fingerprint density at radius 1 is 1.12 bits per heavy atom. The zero-order valence-corrected chi connectivity index (χ0v) is 13.6. The van der Waals surface area contributed by atoms with Crippen LogP contribution in [0.3, 0.4) is 0 Å². The van der Waals surface area contributed by atoms with Crippen LogP contribution in [-0.2, 0) is 0 Å². The lowest BCUT2D eigenvalue weighted by molar-refractivity contribution is 0.291. The highest BCUT2D eigenvalue weighted by atomic mass is 127. The summed E-state index contributed by atoms with van der Waals surface area (Å²) in [5, 5.41) is 3.42. The standard InChI is InChI=1S/C13H29IN2/c1-6-16-11(5)13(15)8-12(9(2)3)7-10(4)14/h9-13,16H,6-8,15H2,1-5H3. The van der Waals surface area contributed by atoms with E-state index in [-0.39, 0.29) is 6.04 Å². The average Bonchev–Trinajstić information content (AvgIpc) is 2.16. The molecule has 0 aliphatic carbocycles. The monoisotopic (exact) mass is 340 g/mol. The van der Waals surface area contributed by atoms with Crippen LogP contribution in [0.2, 0.25) is 0 Å². The molecular formula is C13H29IN2. The van der Waals surface area contributed by atoms with E-state index in [1.807, 2.05) is 0 Å². The van der Waals surface area contributed by atoms with E-state index in [0.717, 1.165) is 28.7 Å². The molecule has 0 aromatic carbocycles. The Labute approximate surface area is 115 Å². The highest BCUT2D eigenvalue weighted by Crippen LogP contribution is 2.25. The molecule has 2 nitrogen and oxygen atoms in total. The van der Waals surface area contributed by atoms with Crippen LogP contribution < -0.4 is 11.1 Å². The van der Waals surface area contributed by atoms with Crippen LogP contribution in [0, 0.1) is 11.8 Å². The minimum absolute atomic E-state index is 0.280. The summed E-state index contributed by atoms with van der Waals surface area (Å²) in [6.45, 7) is 12.2. The highest BCUT2D eigenvalue weighted by Gasteiger charge is 2.21. The van der Waals surface area contributed by atoms with Gasteiger partial charge < -0.3 is 11.1 Å². The third-order valence-electron chi connectivity index (χ3n) is 3.31. The third kappa shape index (κ3) is 7.07. The molecule has 4 unspecified atom stereocenters. The van der Waals surface area contributed by atoms with Crippen molar-refractivity contribution in [1.29, 1.82) is 0 Å². The summed E-state index contributed by atoms with van der Waals surface area (Å²) in [5.74, 6) is 1.49. The van der Waals surface area contributed by atoms with Crippen molar-refractivity contribution in [2.45, 2.75) is 63.5 Å². The fourth-order valence-electron chi connectivity index (χ4n) is 2.08. The second kappa shape index (κ2) is 8.70. The van der Waals surface area contributed by atoms with Gasteiger partial charge in [-0.2, -0.15) is 0 Å². The summed E-state index contributed by atoms with van der Waals surface area (Å²) in [7, 11) is 0. The number of rotatable bonds is 8. The first-order valence-electron chi connectivity index (χ1n) is 6.51. The molecule has 0 aromatic heterocycles. The van der Waals surface area contributed by atoms with Gasteiger partial charge in [0.15, 0.2) is 0 Å². The van der Waals surface area contributed by atoms with E-state index < -0.39 is 0 Å². The van der Waals surface area contributed by atoms with Gasteiger partial charge in [-0.25, -0.2) is 0 Å². The molecule has 0 saturated heterocycles. The van der Waals surface area contributed by atoms with Crippen LogP contribution in [0.4, 0.5) is 0 Å². The predicted molar refractivity (Wildman–Crippen MR) is 82.2 cm³/mol. The summed E-state index contributed by atoms with van der Waals surface area (Å²) < 4.78 is 0.742. The van der Waals surface area contributed by atoms with Crippen molar-refractivity contribution in [3.05, 3.63) is 0 Å². The van der Waals surface area contributed by atoms with Crippen molar-refractivity contribution >= 4 is 22.6 Å². The van der Waals surface area contributed by atoms with E-state index in [4.69, 9.17) is 5.73 Å². The number of nitrogens with two attached hydrogens (primary N) is 1. The minimum Gasteiger partial charge on any atom is -0.326 e. The van der Waals surface area contributed by atoms with Crippen molar-refractivity contribution in [3.8, 4) is 0 Å². The van der Waals surface area contributed by atoms with Crippen LogP contribution in [0.15, 0.2) is 0 Å². The molecule has 0 fully saturated rings. The van der Waals surface area contributed by atoms with Gasteiger partial charge >= 0.3 is 0 Å². The fourth-order valence-corrected chi connectivity index (χ4v) is 2.74. The summed E-state index contributed by atoms with van der Waals surface area (Å²) in [6, 6.07) is 0.707. The van der Waals surface area contributed by atoms with E-state index in [1.54, 1.807) is 0 Å². The fraction of sp³-hybridized carbons (Fsp3) is 1.00. The van der Waals surface area contributed by atoms with Gasteiger partial charge in [-0.05, 0) is 38.1 Å². The maximum atomic E-state index is 6.25. The molecule has 4 atom stereocenters. The molecule has 0 spiro atoms. The van der Waals surface area contributed by atoms with Crippen LogP contribution in [-0.4, -0.2) is 22.6 Å². The maximum Gasteiger partial charge on any atom is 0.0194 e. The predicted octanol–water partition coefficient (Wildman–Crippen LogP) is 3.19. The molecule has 0 amide bonds. The smallest absolute Gasteiger partial charge is 0.0194 e. The maximum absolute atomic E-state index is 6.25. The van der Waals surface area contributed by atoms with Gasteiger partial charge in [0, 0.05) is 16.0 Å². The topological polar surface area (TPSA) is 38.0 Å². The largest absolute Gasteiger partial charge is 0.326 e. The zero-order chi connectivity index (χ0) is 12.7. The molecule has 0 radical (unpaired) electrons. The number of alkyl halides is 1. The van der Waals surface area contributed by atoms with E-state index >= 15 is 0 Å². The van der Waals surface area contributed by atoms with Gasteiger partial charge in [-0.15, -0.1) is 0 Å². The van der Waals surface area contributed by atoms with E-state index in [0.29, 0.717) is 6.04 Å². The van der Waals surface area contributed by atoms with Crippen molar-refractivity contribution in [1.82, 2.24) is 5.32 Å². The zero-order valence-electron chi connectivity index (χ0n) is 11.5. The summed E-state index contributed by atoms with van der Waals surface area (Å²) in [4.78, 5) is 0. The Kier molecular flexibility index (Phi) is 9.05. The summed E-state index contributed by atoms with van der Waals surface area (Å²) >= 11 is 2.52. The molecular weight excluding hydrogens is 311 g/mol. The molecule has 0 bridgehead atoms. The average molecular weight is 340 g/mol. The highest BCUT2D eigenvalue weighted by molar-refractivity contribution is 14.1. The SMILES string of the molecule is CCNC(C)C(N)CC(CC(C)I)C(C)C. The first-order valence-corrected chi connectivity index (χ1v) is 7.76. The van der Waals surface area contributed by atoms with Crippen molar-refractivity contribution in [3.63, 3.8) is 0 Å². The first-order chi connectivity index (χ1) is 7.38. The van der Waals surface area contributed by atoms with E-state index in [2.05, 4.69) is 62.5 Å². The quantitative estimate of drug-likeness (QED) is 0.526. The van der Waals surface area contributed by atoms with Crippen LogP contribution >= 0.6 is 22.6 Å². The molecule has 3 heteroatoms. The van der Waals surface area contributed by atoms with E-state index in [9.17, 15) is 0 Å². The lowest BCUT2D eigenvalue weighted by Crippen LogP contribution is -2.44. The Bertz CT molecular complexity index is 171. The van der Waals surface area contributed by atoms with Crippen LogP contribution in [0.1, 0.15) is 47.5 Å². The Morgan fingerprint density at radius 3 is 2.06 bits per heavy atom. The molecule has 0 aliphatic rings. The summed E-state index contributed by atoms with van der Waals surface area (Å²) in [6.07, 6.45) is 2.42. The van der Waals surface area contributed by atoms with Crippen molar-refractivity contribution < 1.29 is 0 Å². The molecule has 3 N–H and O–H groups in total. The Balaban J connectivity index is 4.17. The van der Waals surface area contributed by atoms with Gasteiger partial charge in [0.1, 0.15) is 0 Å². The van der Waals surface area contributed by atoms with E-state index in [1.165, 1.54) is 6.42 Å². The Hall–Kier alpha value is 0.650.